The molecule has 3 nitrogen and oxygen atoms in total. The van der Waals surface area contributed by atoms with E-state index in [9.17, 15) is 9.18 Å². The third-order valence-corrected chi connectivity index (χ3v) is 2.99. The molecule has 0 spiro atoms. The number of carbonyl (C=O) groups excluding carboxylic acids is 1. The van der Waals surface area contributed by atoms with Gasteiger partial charge in [0.25, 0.3) is 0 Å². The molecule has 0 aliphatic carbocycles. The zero-order valence-electron chi connectivity index (χ0n) is 11.1. The lowest BCUT2D eigenvalue weighted by Gasteiger charge is -2.11. The van der Waals surface area contributed by atoms with E-state index in [4.69, 9.17) is 9.15 Å². The van der Waals surface area contributed by atoms with Crippen molar-refractivity contribution in [3.05, 3.63) is 35.8 Å². The van der Waals surface area contributed by atoms with Gasteiger partial charge in [-0.3, -0.25) is 4.79 Å². The summed E-state index contributed by atoms with van der Waals surface area (Å²) in [7, 11) is 0. The Morgan fingerprint density at radius 3 is 2.84 bits per heavy atom. The molecule has 1 heterocycles. The maximum absolute atomic E-state index is 13.1. The Bertz CT molecular complexity index is 574. The molecule has 0 fully saturated rings. The van der Waals surface area contributed by atoms with Crippen LogP contribution in [0.5, 0.6) is 0 Å². The first-order valence-corrected chi connectivity index (χ1v) is 6.51. The smallest absolute Gasteiger partial charge is 0.316 e. The Kier molecular flexibility index (Phi) is 4.20. The molecule has 1 aromatic carbocycles. The molecule has 0 saturated heterocycles. The van der Waals surface area contributed by atoms with E-state index in [0.29, 0.717) is 29.8 Å². The first-order valence-electron chi connectivity index (χ1n) is 6.51. The fourth-order valence-electron chi connectivity index (χ4n) is 2.11. The number of carbonyl (C=O) groups is 1. The predicted octanol–water partition coefficient (Wildman–Crippen LogP) is 4.02. The number of hydrogen-bond acceptors (Lipinski definition) is 3. The summed E-state index contributed by atoms with van der Waals surface area (Å²) < 4.78 is 23.8. The van der Waals surface area contributed by atoms with Gasteiger partial charge in [-0.05, 0) is 37.6 Å². The van der Waals surface area contributed by atoms with Gasteiger partial charge < -0.3 is 9.15 Å². The van der Waals surface area contributed by atoms with Crippen molar-refractivity contribution in [2.75, 3.05) is 6.61 Å². The van der Waals surface area contributed by atoms with E-state index >= 15 is 0 Å². The molecule has 0 N–H and O–H groups in total. The number of fused-ring (bicyclic) bond motifs is 1. The number of furan rings is 1. The van der Waals surface area contributed by atoms with Gasteiger partial charge in [0.05, 0.1) is 6.61 Å². The summed E-state index contributed by atoms with van der Waals surface area (Å²) in [5.74, 6) is -0.479. The zero-order chi connectivity index (χ0) is 13.8. The molecular weight excluding hydrogens is 247 g/mol. The topological polar surface area (TPSA) is 39.4 Å². The highest BCUT2D eigenvalue weighted by Gasteiger charge is 2.24. The van der Waals surface area contributed by atoms with Crippen molar-refractivity contribution in [3.8, 4) is 0 Å². The summed E-state index contributed by atoms with van der Waals surface area (Å²) in [5, 5.41) is 0.667. The van der Waals surface area contributed by atoms with Crippen LogP contribution in [0.4, 0.5) is 4.39 Å². The van der Waals surface area contributed by atoms with Gasteiger partial charge in [0.15, 0.2) is 0 Å². The number of halogens is 1. The van der Waals surface area contributed by atoms with Gasteiger partial charge in [0.1, 0.15) is 23.1 Å². The van der Waals surface area contributed by atoms with Crippen molar-refractivity contribution in [2.45, 2.75) is 32.6 Å². The van der Waals surface area contributed by atoms with Crippen LogP contribution in [0.1, 0.15) is 38.4 Å². The lowest BCUT2D eigenvalue weighted by atomic mass is 10.0. The van der Waals surface area contributed by atoms with Gasteiger partial charge in [-0.15, -0.1) is 0 Å². The van der Waals surface area contributed by atoms with Gasteiger partial charge in [0.2, 0.25) is 0 Å². The predicted molar refractivity (Wildman–Crippen MR) is 70.5 cm³/mol. The molecule has 0 aliphatic rings. The fourth-order valence-corrected chi connectivity index (χ4v) is 2.11. The van der Waals surface area contributed by atoms with Crippen LogP contribution in [0.2, 0.25) is 0 Å². The Balaban J connectivity index is 2.35. The van der Waals surface area contributed by atoms with E-state index in [0.717, 1.165) is 6.42 Å². The van der Waals surface area contributed by atoms with E-state index in [1.54, 1.807) is 19.1 Å². The van der Waals surface area contributed by atoms with Gasteiger partial charge in [-0.2, -0.15) is 0 Å². The molecule has 0 amide bonds. The molecule has 1 unspecified atom stereocenters. The van der Waals surface area contributed by atoms with Crippen LogP contribution < -0.4 is 0 Å². The number of hydrogen-bond donors (Lipinski definition) is 0. The largest absolute Gasteiger partial charge is 0.465 e. The minimum absolute atomic E-state index is 0.288. The number of benzene rings is 1. The van der Waals surface area contributed by atoms with Gasteiger partial charge in [-0.25, -0.2) is 4.39 Å². The summed E-state index contributed by atoms with van der Waals surface area (Å²) >= 11 is 0. The second-order valence-corrected chi connectivity index (χ2v) is 4.42. The van der Waals surface area contributed by atoms with Crippen LogP contribution in [0.15, 0.2) is 28.7 Å². The SMILES string of the molecule is CCCC(C(=O)OCC)c1cc2cc(F)ccc2o1. The van der Waals surface area contributed by atoms with Crippen LogP contribution in [0, 0.1) is 5.82 Å². The van der Waals surface area contributed by atoms with E-state index in [2.05, 4.69) is 0 Å². The summed E-state index contributed by atoms with van der Waals surface area (Å²) in [4.78, 5) is 11.9. The Labute approximate surface area is 111 Å². The Morgan fingerprint density at radius 1 is 1.37 bits per heavy atom. The molecule has 4 heteroatoms. The standard InChI is InChI=1S/C15H17FO3/c1-3-5-12(15(17)18-4-2)14-9-10-8-11(16)6-7-13(10)19-14/h6-9,12H,3-5H2,1-2H3. The van der Waals surface area contributed by atoms with Gasteiger partial charge >= 0.3 is 5.97 Å². The van der Waals surface area contributed by atoms with E-state index in [-0.39, 0.29) is 11.8 Å². The lowest BCUT2D eigenvalue weighted by molar-refractivity contribution is -0.145. The molecule has 0 saturated carbocycles. The molecule has 2 aromatic rings. The van der Waals surface area contributed by atoms with Crippen molar-refractivity contribution in [1.29, 1.82) is 0 Å². The van der Waals surface area contributed by atoms with Crippen molar-refractivity contribution >= 4 is 16.9 Å². The maximum Gasteiger partial charge on any atom is 0.316 e. The normalized spacial score (nSPS) is 12.6. The Hall–Kier alpha value is -1.84. The third-order valence-electron chi connectivity index (χ3n) is 2.99. The molecule has 19 heavy (non-hydrogen) atoms. The lowest BCUT2D eigenvalue weighted by Crippen LogP contribution is -2.15. The van der Waals surface area contributed by atoms with E-state index < -0.39 is 5.92 Å². The van der Waals surface area contributed by atoms with Crippen molar-refractivity contribution in [2.24, 2.45) is 0 Å². The molecule has 0 aliphatic heterocycles. The maximum atomic E-state index is 13.1. The molecule has 1 atom stereocenters. The minimum atomic E-state index is -0.416. The van der Waals surface area contributed by atoms with Crippen LogP contribution in [-0.4, -0.2) is 12.6 Å². The monoisotopic (exact) mass is 264 g/mol. The highest BCUT2D eigenvalue weighted by Crippen LogP contribution is 2.29. The average molecular weight is 264 g/mol. The second kappa shape index (κ2) is 5.87. The second-order valence-electron chi connectivity index (χ2n) is 4.42. The number of rotatable bonds is 5. The molecule has 0 radical (unpaired) electrons. The minimum Gasteiger partial charge on any atom is -0.465 e. The van der Waals surface area contributed by atoms with Crippen molar-refractivity contribution in [3.63, 3.8) is 0 Å². The molecule has 2 rings (SSSR count). The number of ether oxygens (including phenoxy) is 1. The quantitative estimate of drug-likeness (QED) is 0.766. The van der Waals surface area contributed by atoms with Gasteiger partial charge in [-0.1, -0.05) is 13.3 Å². The molecular formula is C15H17FO3. The van der Waals surface area contributed by atoms with Crippen LogP contribution in [0.25, 0.3) is 11.0 Å². The third kappa shape index (κ3) is 2.95. The summed E-state index contributed by atoms with van der Waals surface area (Å²) in [5.41, 5.74) is 0.585. The summed E-state index contributed by atoms with van der Waals surface area (Å²) in [6, 6.07) is 6.03. The Morgan fingerprint density at radius 2 is 2.16 bits per heavy atom. The van der Waals surface area contributed by atoms with Crippen LogP contribution in [0.3, 0.4) is 0 Å². The van der Waals surface area contributed by atoms with E-state index in [1.807, 2.05) is 6.92 Å². The number of esters is 1. The highest BCUT2D eigenvalue weighted by atomic mass is 19.1. The fraction of sp³-hybridized carbons (Fsp3) is 0.400. The van der Waals surface area contributed by atoms with Crippen molar-refractivity contribution < 1.29 is 18.3 Å². The summed E-state index contributed by atoms with van der Waals surface area (Å²) in [6.07, 6.45) is 1.50. The van der Waals surface area contributed by atoms with E-state index in [1.165, 1.54) is 12.1 Å². The van der Waals surface area contributed by atoms with Gasteiger partial charge in [0, 0.05) is 5.39 Å². The van der Waals surface area contributed by atoms with Crippen molar-refractivity contribution in [1.82, 2.24) is 0 Å². The summed E-state index contributed by atoms with van der Waals surface area (Å²) in [6.45, 7) is 4.11. The highest BCUT2D eigenvalue weighted by molar-refractivity contribution is 5.82. The first-order chi connectivity index (χ1) is 9.15. The first kappa shape index (κ1) is 13.6. The molecule has 1 aromatic heterocycles. The average Bonchev–Trinajstić information content (AvgIpc) is 2.78. The zero-order valence-corrected chi connectivity index (χ0v) is 11.1. The molecule has 102 valence electrons. The van der Waals surface area contributed by atoms with Crippen LogP contribution in [-0.2, 0) is 9.53 Å². The molecule has 0 bridgehead atoms. The van der Waals surface area contributed by atoms with Crippen LogP contribution >= 0.6 is 0 Å².